The normalized spacial score (nSPS) is 34.7. The molecule has 0 aromatic heterocycles. The first-order chi connectivity index (χ1) is 9.06. The summed E-state index contributed by atoms with van der Waals surface area (Å²) >= 11 is 0. The summed E-state index contributed by atoms with van der Waals surface area (Å²) in [6.45, 7) is 6.26. The lowest BCUT2D eigenvalue weighted by molar-refractivity contribution is -0.168. The quantitative estimate of drug-likeness (QED) is 0.628. The summed E-state index contributed by atoms with van der Waals surface area (Å²) in [7, 11) is 0. The van der Waals surface area contributed by atoms with Crippen LogP contribution in [0.15, 0.2) is 12.2 Å². The van der Waals surface area contributed by atoms with Crippen molar-refractivity contribution >= 4 is 5.97 Å². The number of hydrogen-bond donors (Lipinski definition) is 1. The molecule has 0 aromatic carbocycles. The zero-order valence-electron chi connectivity index (χ0n) is 12.0. The zero-order valence-corrected chi connectivity index (χ0v) is 12.0. The Kier molecular flexibility index (Phi) is 3.42. The standard InChI is InChI=1S/C16H25NO2/c1-16(2,13-5-7-17-8-6-13)19-15(18)14-10-11-3-4-12(14)9-11/h3-4,11-14,17H,5-10H2,1-2H3. The van der Waals surface area contributed by atoms with Crippen molar-refractivity contribution in [1.29, 1.82) is 0 Å². The molecule has 1 heterocycles. The van der Waals surface area contributed by atoms with Gasteiger partial charge >= 0.3 is 5.97 Å². The summed E-state index contributed by atoms with van der Waals surface area (Å²) in [6.07, 6.45) is 8.87. The van der Waals surface area contributed by atoms with E-state index in [2.05, 4.69) is 31.3 Å². The molecule has 3 unspecified atom stereocenters. The van der Waals surface area contributed by atoms with Crippen molar-refractivity contribution in [2.75, 3.05) is 13.1 Å². The molecule has 2 fully saturated rings. The highest BCUT2D eigenvalue weighted by atomic mass is 16.6. The molecule has 0 amide bonds. The maximum absolute atomic E-state index is 12.4. The maximum atomic E-state index is 12.4. The molecule has 1 N–H and O–H groups in total. The van der Waals surface area contributed by atoms with E-state index in [-0.39, 0.29) is 17.5 Å². The van der Waals surface area contributed by atoms with Gasteiger partial charge in [-0.25, -0.2) is 0 Å². The molecule has 0 radical (unpaired) electrons. The Morgan fingerprint density at radius 3 is 2.53 bits per heavy atom. The largest absolute Gasteiger partial charge is 0.459 e. The average Bonchev–Trinajstić information content (AvgIpc) is 3.01. The SMILES string of the molecule is CC(C)(OC(=O)C1CC2C=CC1C2)C1CCNCC1. The van der Waals surface area contributed by atoms with Gasteiger partial charge in [-0.1, -0.05) is 12.2 Å². The van der Waals surface area contributed by atoms with Gasteiger partial charge in [0.15, 0.2) is 0 Å². The van der Waals surface area contributed by atoms with Crippen molar-refractivity contribution in [2.24, 2.45) is 23.7 Å². The van der Waals surface area contributed by atoms with Crippen LogP contribution in [0.4, 0.5) is 0 Å². The fourth-order valence-electron chi connectivity index (χ4n) is 3.99. The minimum absolute atomic E-state index is 0.0420. The Morgan fingerprint density at radius 1 is 1.21 bits per heavy atom. The summed E-state index contributed by atoms with van der Waals surface area (Å²) in [6, 6.07) is 0. The van der Waals surface area contributed by atoms with Crippen LogP contribution in [0, 0.1) is 23.7 Å². The van der Waals surface area contributed by atoms with Crippen LogP contribution in [0.25, 0.3) is 0 Å². The number of hydrogen-bond acceptors (Lipinski definition) is 3. The van der Waals surface area contributed by atoms with Crippen molar-refractivity contribution in [3.05, 3.63) is 12.2 Å². The molecular formula is C16H25NO2. The number of rotatable bonds is 3. The topological polar surface area (TPSA) is 38.3 Å². The van der Waals surface area contributed by atoms with E-state index < -0.39 is 0 Å². The van der Waals surface area contributed by atoms with Crippen LogP contribution in [0.1, 0.15) is 39.5 Å². The third kappa shape index (κ3) is 2.58. The predicted molar refractivity (Wildman–Crippen MR) is 74.6 cm³/mol. The first-order valence-corrected chi connectivity index (χ1v) is 7.68. The lowest BCUT2D eigenvalue weighted by atomic mass is 9.83. The highest BCUT2D eigenvalue weighted by Gasteiger charge is 2.43. The highest BCUT2D eigenvalue weighted by molar-refractivity contribution is 5.74. The third-order valence-electron chi connectivity index (χ3n) is 5.27. The number of piperidine rings is 1. The Bertz CT molecular complexity index is 382. The van der Waals surface area contributed by atoms with E-state index in [1.165, 1.54) is 0 Å². The van der Waals surface area contributed by atoms with Gasteiger partial charge in [0.05, 0.1) is 5.92 Å². The van der Waals surface area contributed by atoms with E-state index in [4.69, 9.17) is 4.74 Å². The van der Waals surface area contributed by atoms with Crippen LogP contribution in [-0.2, 0) is 9.53 Å². The number of esters is 1. The van der Waals surface area contributed by atoms with Crippen molar-refractivity contribution in [3.8, 4) is 0 Å². The molecule has 3 heteroatoms. The fourth-order valence-corrected chi connectivity index (χ4v) is 3.99. The third-order valence-corrected chi connectivity index (χ3v) is 5.27. The molecule has 2 bridgehead atoms. The van der Waals surface area contributed by atoms with Crippen LogP contribution >= 0.6 is 0 Å². The minimum Gasteiger partial charge on any atom is -0.459 e. The zero-order chi connectivity index (χ0) is 13.5. The first kappa shape index (κ1) is 13.2. The molecule has 1 aliphatic heterocycles. The van der Waals surface area contributed by atoms with E-state index in [1.807, 2.05) is 0 Å². The molecule has 3 rings (SSSR count). The van der Waals surface area contributed by atoms with Gasteiger partial charge in [-0.3, -0.25) is 4.79 Å². The average molecular weight is 263 g/mol. The van der Waals surface area contributed by atoms with Crippen molar-refractivity contribution in [2.45, 2.75) is 45.1 Å². The van der Waals surface area contributed by atoms with Gasteiger partial charge in [0, 0.05) is 5.92 Å². The minimum atomic E-state index is -0.315. The second-order valence-electron chi connectivity index (χ2n) is 6.94. The van der Waals surface area contributed by atoms with Crippen LogP contribution in [0.2, 0.25) is 0 Å². The van der Waals surface area contributed by atoms with Crippen LogP contribution < -0.4 is 5.32 Å². The summed E-state index contributed by atoms with van der Waals surface area (Å²) in [5, 5.41) is 3.37. The van der Waals surface area contributed by atoms with Gasteiger partial charge in [-0.15, -0.1) is 0 Å². The molecule has 2 aliphatic carbocycles. The van der Waals surface area contributed by atoms with Crippen molar-refractivity contribution < 1.29 is 9.53 Å². The Hall–Kier alpha value is -0.830. The van der Waals surface area contributed by atoms with Crippen LogP contribution in [0.3, 0.4) is 0 Å². The molecule has 3 atom stereocenters. The molecule has 0 aromatic rings. The van der Waals surface area contributed by atoms with Gasteiger partial charge in [0.25, 0.3) is 0 Å². The molecule has 3 aliphatic rings. The fraction of sp³-hybridized carbons (Fsp3) is 0.812. The smallest absolute Gasteiger partial charge is 0.310 e. The number of carbonyl (C=O) groups is 1. The van der Waals surface area contributed by atoms with Crippen LogP contribution in [-0.4, -0.2) is 24.7 Å². The number of allylic oxidation sites excluding steroid dienone is 2. The summed E-state index contributed by atoms with van der Waals surface area (Å²) < 4.78 is 5.91. The van der Waals surface area contributed by atoms with Crippen molar-refractivity contribution in [3.63, 3.8) is 0 Å². The molecule has 0 spiro atoms. The van der Waals surface area contributed by atoms with Crippen molar-refractivity contribution in [1.82, 2.24) is 5.32 Å². The Labute approximate surface area is 115 Å². The predicted octanol–water partition coefficient (Wildman–Crippen LogP) is 2.52. The van der Waals surface area contributed by atoms with Gasteiger partial charge in [0.2, 0.25) is 0 Å². The second kappa shape index (κ2) is 4.93. The lowest BCUT2D eigenvalue weighted by Gasteiger charge is -2.37. The molecule has 3 nitrogen and oxygen atoms in total. The van der Waals surface area contributed by atoms with Crippen LogP contribution in [0.5, 0.6) is 0 Å². The van der Waals surface area contributed by atoms with E-state index in [0.717, 1.165) is 38.8 Å². The van der Waals surface area contributed by atoms with E-state index in [9.17, 15) is 4.79 Å². The highest BCUT2D eigenvalue weighted by Crippen LogP contribution is 2.44. The summed E-state index contributed by atoms with van der Waals surface area (Å²) in [5.74, 6) is 1.73. The number of fused-ring (bicyclic) bond motifs is 2. The number of carbonyl (C=O) groups excluding carboxylic acids is 1. The molecule has 1 saturated heterocycles. The molecule has 106 valence electrons. The first-order valence-electron chi connectivity index (χ1n) is 7.68. The van der Waals surface area contributed by atoms with E-state index in [1.54, 1.807) is 0 Å². The Balaban J connectivity index is 1.60. The molecule has 1 saturated carbocycles. The van der Waals surface area contributed by atoms with E-state index in [0.29, 0.717) is 17.8 Å². The van der Waals surface area contributed by atoms with E-state index >= 15 is 0 Å². The lowest BCUT2D eigenvalue weighted by Crippen LogP contribution is -2.44. The summed E-state index contributed by atoms with van der Waals surface area (Å²) in [5.41, 5.74) is -0.315. The summed E-state index contributed by atoms with van der Waals surface area (Å²) in [4.78, 5) is 12.4. The van der Waals surface area contributed by atoms with Gasteiger partial charge in [0.1, 0.15) is 5.60 Å². The maximum Gasteiger partial charge on any atom is 0.310 e. The van der Waals surface area contributed by atoms with Gasteiger partial charge in [-0.05, 0) is 64.5 Å². The Morgan fingerprint density at radius 2 is 1.95 bits per heavy atom. The monoisotopic (exact) mass is 263 g/mol. The molecular weight excluding hydrogens is 238 g/mol. The van der Waals surface area contributed by atoms with Gasteiger partial charge in [-0.2, -0.15) is 0 Å². The molecule has 19 heavy (non-hydrogen) atoms. The van der Waals surface area contributed by atoms with Gasteiger partial charge < -0.3 is 10.1 Å². The number of nitrogens with one attached hydrogen (secondary N) is 1. The second-order valence-corrected chi connectivity index (χ2v) is 6.94. The number of ether oxygens (including phenoxy) is 1.